The van der Waals surface area contributed by atoms with Gasteiger partial charge in [0.25, 0.3) is 5.78 Å². The molecule has 0 aromatic rings. The number of carbonyl (C=O) groups is 6. The van der Waals surface area contributed by atoms with Crippen molar-refractivity contribution in [3.8, 4) is 0 Å². The Morgan fingerprint density at radius 2 is 1.61 bits per heavy atom. The third kappa shape index (κ3) is 4.54. The summed E-state index contributed by atoms with van der Waals surface area (Å²) in [5, 5.41) is 8.49. The van der Waals surface area contributed by atoms with Gasteiger partial charge in [0.15, 0.2) is 11.7 Å². The van der Waals surface area contributed by atoms with E-state index in [1.807, 2.05) is 0 Å². The maximum Gasteiger partial charge on any atom is 0.375 e. The lowest BCUT2D eigenvalue weighted by atomic mass is 9.94. The van der Waals surface area contributed by atoms with Crippen molar-refractivity contribution in [2.75, 3.05) is 7.11 Å². The summed E-state index contributed by atoms with van der Waals surface area (Å²) in [7, 11) is 0.945. The highest BCUT2D eigenvalue weighted by Gasteiger charge is 2.53. The van der Waals surface area contributed by atoms with Gasteiger partial charge in [0.2, 0.25) is 11.6 Å². The number of rotatable bonds is 9. The highest BCUT2D eigenvalue weighted by atomic mass is 16.5. The predicted octanol–water partition coefficient (Wildman–Crippen LogP) is 0.107. The summed E-state index contributed by atoms with van der Waals surface area (Å²) in [4.78, 5) is 68.7. The summed E-state index contributed by atoms with van der Waals surface area (Å²) in [5.41, 5.74) is 0. The molecule has 1 saturated carbocycles. The zero-order chi connectivity index (χ0) is 17.6. The molecule has 8 heteroatoms. The average molecular weight is 326 g/mol. The number of esters is 1. The van der Waals surface area contributed by atoms with E-state index in [0.29, 0.717) is 25.7 Å². The van der Waals surface area contributed by atoms with Gasteiger partial charge in [-0.2, -0.15) is 0 Å². The maximum atomic E-state index is 12.0. The first-order chi connectivity index (χ1) is 10.8. The SMILES string of the molecule is COC(=O)C(=O)[C@@H]1C(=O)C(=O)[C@H](CCCCCCC(=O)O)C1=O. The number of carboxylic acids is 1. The molecule has 8 nitrogen and oxygen atoms in total. The average Bonchev–Trinajstić information content (AvgIpc) is 2.72. The molecule has 1 fully saturated rings. The normalized spacial score (nSPS) is 20.7. The Morgan fingerprint density at radius 3 is 2.17 bits per heavy atom. The lowest BCUT2D eigenvalue weighted by Gasteiger charge is -2.06. The Balaban J connectivity index is 2.54. The van der Waals surface area contributed by atoms with Crippen molar-refractivity contribution in [1.82, 2.24) is 0 Å². The van der Waals surface area contributed by atoms with Crippen LogP contribution < -0.4 is 0 Å². The standard InChI is InChI=1S/C15H18O8/c1-23-15(22)14(21)10-11(18)8(12(19)13(10)20)6-4-2-3-5-7-9(16)17/h8,10H,2-7H2,1H3,(H,16,17)/t8-,10+/m1/s1. The zero-order valence-electron chi connectivity index (χ0n) is 12.7. The third-order valence-corrected chi connectivity index (χ3v) is 3.73. The van der Waals surface area contributed by atoms with Crippen LogP contribution in [0.25, 0.3) is 0 Å². The highest BCUT2D eigenvalue weighted by molar-refractivity contribution is 6.60. The molecule has 0 saturated heterocycles. The van der Waals surface area contributed by atoms with Crippen molar-refractivity contribution >= 4 is 35.1 Å². The van der Waals surface area contributed by atoms with Crippen LogP contribution in [0.1, 0.15) is 38.5 Å². The first kappa shape index (κ1) is 18.7. The van der Waals surface area contributed by atoms with Crippen LogP contribution in [0, 0.1) is 11.8 Å². The van der Waals surface area contributed by atoms with Crippen molar-refractivity contribution in [3.05, 3.63) is 0 Å². The maximum absolute atomic E-state index is 12.0. The van der Waals surface area contributed by atoms with Crippen LogP contribution in [-0.2, 0) is 33.5 Å². The number of ketones is 4. The number of Topliss-reactive ketones (excluding diaryl/α,β-unsaturated/α-hetero) is 4. The molecule has 1 rings (SSSR count). The van der Waals surface area contributed by atoms with Crippen LogP contribution in [0.4, 0.5) is 0 Å². The number of ether oxygens (including phenoxy) is 1. The van der Waals surface area contributed by atoms with E-state index in [9.17, 15) is 28.8 Å². The lowest BCUT2D eigenvalue weighted by Crippen LogP contribution is -2.33. The largest absolute Gasteiger partial charge is 0.481 e. The summed E-state index contributed by atoms with van der Waals surface area (Å²) in [5.74, 6) is -9.52. The van der Waals surface area contributed by atoms with Crippen molar-refractivity contribution in [3.63, 3.8) is 0 Å². The summed E-state index contributed by atoms with van der Waals surface area (Å²) >= 11 is 0. The van der Waals surface area contributed by atoms with Crippen molar-refractivity contribution in [1.29, 1.82) is 0 Å². The van der Waals surface area contributed by atoms with Crippen molar-refractivity contribution in [2.24, 2.45) is 11.8 Å². The van der Waals surface area contributed by atoms with Gasteiger partial charge in [-0.3, -0.25) is 24.0 Å². The van der Waals surface area contributed by atoms with Crippen LogP contribution in [0.2, 0.25) is 0 Å². The smallest absolute Gasteiger partial charge is 0.375 e. The predicted molar refractivity (Wildman–Crippen MR) is 74.4 cm³/mol. The summed E-state index contributed by atoms with van der Waals surface area (Å²) < 4.78 is 4.18. The molecule has 0 aliphatic heterocycles. The summed E-state index contributed by atoms with van der Waals surface area (Å²) in [6.45, 7) is 0. The van der Waals surface area contributed by atoms with Gasteiger partial charge in [-0.05, 0) is 12.8 Å². The van der Waals surface area contributed by atoms with Gasteiger partial charge in [-0.1, -0.05) is 19.3 Å². The number of unbranched alkanes of at least 4 members (excludes halogenated alkanes) is 3. The molecule has 126 valence electrons. The number of aliphatic carboxylic acids is 1. The van der Waals surface area contributed by atoms with Crippen LogP contribution in [-0.4, -0.2) is 47.3 Å². The Morgan fingerprint density at radius 1 is 1.00 bits per heavy atom. The molecule has 23 heavy (non-hydrogen) atoms. The van der Waals surface area contributed by atoms with E-state index in [2.05, 4.69) is 4.74 Å². The number of hydrogen-bond acceptors (Lipinski definition) is 7. The minimum atomic E-state index is -1.87. The van der Waals surface area contributed by atoms with E-state index in [0.717, 1.165) is 7.11 Å². The van der Waals surface area contributed by atoms with E-state index in [-0.39, 0.29) is 12.8 Å². The van der Waals surface area contributed by atoms with Gasteiger partial charge in [-0.15, -0.1) is 0 Å². The monoisotopic (exact) mass is 326 g/mol. The fourth-order valence-electron chi connectivity index (χ4n) is 2.49. The van der Waals surface area contributed by atoms with Gasteiger partial charge in [-0.25, -0.2) is 4.79 Å². The zero-order valence-corrected chi connectivity index (χ0v) is 12.7. The topological polar surface area (TPSA) is 132 Å². The van der Waals surface area contributed by atoms with Gasteiger partial charge in [0.05, 0.1) is 13.0 Å². The number of methoxy groups -OCH3 is 1. The van der Waals surface area contributed by atoms with Crippen molar-refractivity contribution in [2.45, 2.75) is 38.5 Å². The minimum absolute atomic E-state index is 0.0511. The Kier molecular flexibility index (Phi) is 6.74. The summed E-state index contributed by atoms with van der Waals surface area (Å²) in [6, 6.07) is 0. The second-order valence-corrected chi connectivity index (χ2v) is 5.32. The van der Waals surface area contributed by atoms with Crippen molar-refractivity contribution < 1.29 is 38.6 Å². The molecule has 0 unspecified atom stereocenters. The molecule has 0 aromatic carbocycles. The van der Waals surface area contributed by atoms with E-state index in [4.69, 9.17) is 5.11 Å². The molecule has 0 amide bonds. The fourth-order valence-corrected chi connectivity index (χ4v) is 2.49. The first-order valence-electron chi connectivity index (χ1n) is 7.27. The molecule has 0 aromatic heterocycles. The second kappa shape index (κ2) is 8.30. The summed E-state index contributed by atoms with van der Waals surface area (Å²) in [6.07, 6.45) is 2.34. The first-order valence-corrected chi connectivity index (χ1v) is 7.27. The van der Waals surface area contributed by atoms with Gasteiger partial charge in [0.1, 0.15) is 0 Å². The van der Waals surface area contributed by atoms with Gasteiger partial charge in [0, 0.05) is 6.42 Å². The van der Waals surface area contributed by atoms with Gasteiger partial charge < -0.3 is 9.84 Å². The van der Waals surface area contributed by atoms with Crippen LogP contribution >= 0.6 is 0 Å². The van der Waals surface area contributed by atoms with E-state index in [1.165, 1.54) is 0 Å². The Labute approximate surface area is 132 Å². The number of carbonyl (C=O) groups excluding carboxylic acids is 5. The molecule has 0 spiro atoms. The molecular formula is C15H18O8. The molecule has 1 N–H and O–H groups in total. The van der Waals surface area contributed by atoms with Crippen LogP contribution in [0.3, 0.4) is 0 Å². The molecular weight excluding hydrogens is 308 g/mol. The molecule has 0 bridgehead atoms. The van der Waals surface area contributed by atoms with Crippen LogP contribution in [0.15, 0.2) is 0 Å². The lowest BCUT2D eigenvalue weighted by molar-refractivity contribution is -0.156. The molecule has 2 atom stereocenters. The quantitative estimate of drug-likeness (QED) is 0.273. The van der Waals surface area contributed by atoms with Crippen LogP contribution in [0.5, 0.6) is 0 Å². The van der Waals surface area contributed by atoms with E-state index in [1.54, 1.807) is 0 Å². The fraction of sp³-hybridized carbons (Fsp3) is 0.600. The molecule has 1 aliphatic rings. The Hall–Kier alpha value is -2.38. The highest BCUT2D eigenvalue weighted by Crippen LogP contribution is 2.27. The number of carboxylic acid groups (broad SMARTS) is 1. The molecule has 1 aliphatic carbocycles. The molecule has 0 radical (unpaired) electrons. The van der Waals surface area contributed by atoms with E-state index < -0.39 is 46.9 Å². The third-order valence-electron chi connectivity index (χ3n) is 3.73. The van der Waals surface area contributed by atoms with Gasteiger partial charge >= 0.3 is 11.9 Å². The Bertz CT molecular complexity index is 548. The molecule has 0 heterocycles. The minimum Gasteiger partial charge on any atom is -0.481 e. The second-order valence-electron chi connectivity index (χ2n) is 5.32. The van der Waals surface area contributed by atoms with E-state index >= 15 is 0 Å². The number of hydrogen-bond donors (Lipinski definition) is 1.